The minimum atomic E-state index is -0.267. The Morgan fingerprint density at radius 3 is 3.00 bits per heavy atom. The van der Waals surface area contributed by atoms with Crippen LogP contribution in [0, 0.1) is 10.5 Å². The lowest BCUT2D eigenvalue weighted by Crippen LogP contribution is -1.94. The summed E-state index contributed by atoms with van der Waals surface area (Å²) in [5, 5.41) is 0.790. The highest BCUT2D eigenvalue weighted by molar-refractivity contribution is 7.71. The molecular weight excluding hydrogens is 199 g/mol. The molecule has 0 fully saturated rings. The molecule has 72 valence electrons. The fourth-order valence-corrected chi connectivity index (χ4v) is 1.63. The third-order valence-electron chi connectivity index (χ3n) is 2.06. The molecule has 14 heavy (non-hydrogen) atoms. The average molecular weight is 208 g/mol. The first-order valence-electron chi connectivity index (χ1n) is 4.39. The molecule has 0 bridgehead atoms. The van der Waals surface area contributed by atoms with Crippen LogP contribution in [0.4, 0.5) is 4.39 Å². The molecule has 4 heteroatoms. The maximum Gasteiger partial charge on any atom is 0.137 e. The van der Waals surface area contributed by atoms with E-state index < -0.39 is 0 Å². The molecule has 1 aromatic carbocycles. The van der Waals surface area contributed by atoms with Crippen molar-refractivity contribution in [2.75, 3.05) is 0 Å². The monoisotopic (exact) mass is 208 g/mol. The van der Waals surface area contributed by atoms with E-state index in [2.05, 4.69) is 9.97 Å². The number of aryl methyl sites for hydroxylation is 1. The first kappa shape index (κ1) is 9.27. The van der Waals surface area contributed by atoms with Gasteiger partial charge in [0, 0.05) is 11.8 Å². The first-order chi connectivity index (χ1) is 6.70. The van der Waals surface area contributed by atoms with Gasteiger partial charge in [0.25, 0.3) is 0 Å². The smallest absolute Gasteiger partial charge is 0.137 e. The Balaban J connectivity index is 2.84. The van der Waals surface area contributed by atoms with E-state index in [1.54, 1.807) is 6.07 Å². The molecule has 0 amide bonds. The molecule has 0 aliphatic rings. The van der Waals surface area contributed by atoms with E-state index in [1.165, 1.54) is 12.1 Å². The predicted octanol–water partition coefficient (Wildman–Crippen LogP) is 2.99. The largest absolute Gasteiger partial charge is 0.343 e. The Hall–Kier alpha value is -1.29. The maximum absolute atomic E-state index is 12.9. The Labute approximate surface area is 85.8 Å². The van der Waals surface area contributed by atoms with E-state index in [-0.39, 0.29) is 5.82 Å². The van der Waals surface area contributed by atoms with Crippen LogP contribution in [0.2, 0.25) is 0 Å². The molecule has 0 spiro atoms. The molecule has 2 rings (SSSR count). The molecule has 0 saturated carbocycles. The number of hydrogen-bond donors (Lipinski definition) is 1. The van der Waals surface area contributed by atoms with Crippen LogP contribution in [-0.4, -0.2) is 9.97 Å². The zero-order chi connectivity index (χ0) is 10.1. The highest BCUT2D eigenvalue weighted by Gasteiger charge is 2.00. The zero-order valence-corrected chi connectivity index (χ0v) is 8.49. The third kappa shape index (κ3) is 1.53. The molecule has 2 aromatic rings. The minimum Gasteiger partial charge on any atom is -0.343 e. The lowest BCUT2D eigenvalue weighted by Gasteiger charge is -2.01. The van der Waals surface area contributed by atoms with Crippen molar-refractivity contribution in [3.8, 4) is 0 Å². The van der Waals surface area contributed by atoms with E-state index >= 15 is 0 Å². The standard InChI is InChI=1S/C10H9FN2S/c1-2-9-12-8-5-6(11)3-4-7(8)10(14)13-9/h3-5H,2H2,1H3,(H,12,13,14). The molecule has 1 aromatic heterocycles. The van der Waals surface area contributed by atoms with Crippen LogP contribution in [0.25, 0.3) is 10.9 Å². The number of rotatable bonds is 1. The number of hydrogen-bond acceptors (Lipinski definition) is 2. The summed E-state index contributed by atoms with van der Waals surface area (Å²) < 4.78 is 13.5. The second-order valence-corrected chi connectivity index (χ2v) is 3.42. The fraction of sp³-hybridized carbons (Fsp3) is 0.200. The molecule has 2 nitrogen and oxygen atoms in total. The molecule has 0 radical (unpaired) electrons. The lowest BCUT2D eigenvalue weighted by atomic mass is 10.2. The number of aromatic nitrogens is 2. The van der Waals surface area contributed by atoms with Gasteiger partial charge in [0.1, 0.15) is 16.3 Å². The summed E-state index contributed by atoms with van der Waals surface area (Å²) in [6, 6.07) is 4.47. The van der Waals surface area contributed by atoms with Gasteiger partial charge in [0.15, 0.2) is 0 Å². The topological polar surface area (TPSA) is 28.7 Å². The Kier molecular flexibility index (Phi) is 2.29. The summed E-state index contributed by atoms with van der Waals surface area (Å²) in [5.74, 6) is 0.518. The molecule has 1 heterocycles. The molecule has 0 unspecified atom stereocenters. The van der Waals surface area contributed by atoms with Gasteiger partial charge in [-0.25, -0.2) is 9.37 Å². The van der Waals surface area contributed by atoms with Gasteiger partial charge in [-0.3, -0.25) is 0 Å². The number of halogens is 1. The number of nitrogens with one attached hydrogen (secondary N) is 1. The first-order valence-corrected chi connectivity index (χ1v) is 4.80. The van der Waals surface area contributed by atoms with E-state index in [1.807, 2.05) is 6.92 Å². The van der Waals surface area contributed by atoms with Crippen LogP contribution in [0.1, 0.15) is 12.7 Å². The number of aromatic amines is 1. The number of benzene rings is 1. The van der Waals surface area contributed by atoms with Gasteiger partial charge in [0.05, 0.1) is 5.52 Å². The number of nitrogens with zero attached hydrogens (tertiary/aromatic N) is 1. The molecule has 1 N–H and O–H groups in total. The summed E-state index contributed by atoms with van der Waals surface area (Å²) in [7, 11) is 0. The van der Waals surface area contributed by atoms with Gasteiger partial charge >= 0.3 is 0 Å². The van der Waals surface area contributed by atoms with Crippen molar-refractivity contribution in [2.24, 2.45) is 0 Å². The highest BCUT2D eigenvalue weighted by Crippen LogP contribution is 2.14. The van der Waals surface area contributed by atoms with Crippen molar-refractivity contribution in [3.63, 3.8) is 0 Å². The molecule has 0 aliphatic heterocycles. The van der Waals surface area contributed by atoms with E-state index in [0.29, 0.717) is 10.2 Å². The van der Waals surface area contributed by atoms with E-state index in [9.17, 15) is 4.39 Å². The maximum atomic E-state index is 12.9. The molecule has 0 atom stereocenters. The second-order valence-electron chi connectivity index (χ2n) is 3.03. The third-order valence-corrected chi connectivity index (χ3v) is 2.37. The van der Waals surface area contributed by atoms with E-state index in [0.717, 1.165) is 17.6 Å². The number of fused-ring (bicyclic) bond motifs is 1. The summed E-state index contributed by atoms with van der Waals surface area (Å²) in [4.78, 5) is 7.23. The van der Waals surface area contributed by atoms with Crippen LogP contribution in [0.5, 0.6) is 0 Å². The lowest BCUT2D eigenvalue weighted by molar-refractivity contribution is 0.629. The van der Waals surface area contributed by atoms with Crippen molar-refractivity contribution in [3.05, 3.63) is 34.5 Å². The molecule has 0 aliphatic carbocycles. The Morgan fingerprint density at radius 1 is 1.50 bits per heavy atom. The van der Waals surface area contributed by atoms with Gasteiger partial charge < -0.3 is 4.98 Å². The predicted molar refractivity (Wildman–Crippen MR) is 56.3 cm³/mol. The summed E-state index contributed by atoms with van der Waals surface area (Å²) in [6.07, 6.45) is 0.760. The van der Waals surface area contributed by atoms with Crippen molar-refractivity contribution in [1.29, 1.82) is 0 Å². The van der Waals surface area contributed by atoms with Gasteiger partial charge in [-0.1, -0.05) is 19.1 Å². The highest BCUT2D eigenvalue weighted by atomic mass is 32.1. The van der Waals surface area contributed by atoms with Crippen molar-refractivity contribution in [2.45, 2.75) is 13.3 Å². The van der Waals surface area contributed by atoms with Gasteiger partial charge in [-0.05, 0) is 18.2 Å². The fourth-order valence-electron chi connectivity index (χ4n) is 1.34. The van der Waals surface area contributed by atoms with E-state index in [4.69, 9.17) is 12.2 Å². The Morgan fingerprint density at radius 2 is 2.29 bits per heavy atom. The second kappa shape index (κ2) is 3.46. The molecular formula is C10H9FN2S. The van der Waals surface area contributed by atoms with Crippen LogP contribution in [0.15, 0.2) is 18.2 Å². The summed E-state index contributed by atoms with van der Waals surface area (Å²) in [6.45, 7) is 1.97. The van der Waals surface area contributed by atoms with Gasteiger partial charge in [-0.2, -0.15) is 0 Å². The summed E-state index contributed by atoms with van der Waals surface area (Å²) in [5.41, 5.74) is 0.710. The van der Waals surface area contributed by atoms with Crippen molar-refractivity contribution in [1.82, 2.24) is 9.97 Å². The summed E-state index contributed by atoms with van der Waals surface area (Å²) >= 11 is 5.10. The van der Waals surface area contributed by atoms with Gasteiger partial charge in [-0.15, -0.1) is 0 Å². The molecule has 0 saturated heterocycles. The average Bonchev–Trinajstić information content (AvgIpc) is 2.16. The van der Waals surface area contributed by atoms with Crippen LogP contribution < -0.4 is 0 Å². The Bertz CT molecular complexity index is 533. The quantitative estimate of drug-likeness (QED) is 0.730. The zero-order valence-electron chi connectivity index (χ0n) is 7.67. The SMILES string of the molecule is CCc1nc(=S)c2ccc(F)cc2[nH]1. The number of H-pyrrole nitrogens is 1. The van der Waals surface area contributed by atoms with Crippen LogP contribution >= 0.6 is 12.2 Å². The van der Waals surface area contributed by atoms with Crippen molar-refractivity contribution < 1.29 is 4.39 Å². The van der Waals surface area contributed by atoms with Crippen molar-refractivity contribution >= 4 is 23.1 Å². The normalized spacial score (nSPS) is 10.7. The van der Waals surface area contributed by atoms with Crippen LogP contribution in [-0.2, 0) is 6.42 Å². The van der Waals surface area contributed by atoms with Gasteiger partial charge in [0.2, 0.25) is 0 Å². The van der Waals surface area contributed by atoms with Crippen LogP contribution in [0.3, 0.4) is 0 Å². The minimum absolute atomic E-state index is 0.267.